The Bertz CT molecular complexity index is 291. The molecule has 0 aliphatic heterocycles. The quantitative estimate of drug-likeness (QED) is 0.457. The summed E-state index contributed by atoms with van der Waals surface area (Å²) in [5, 5.41) is 18.0. The minimum atomic E-state index is -4.94. The summed E-state index contributed by atoms with van der Waals surface area (Å²) in [6.45, 7) is 0. The van der Waals surface area contributed by atoms with Crippen LogP contribution in [0, 0.1) is 0 Å². The average Bonchev–Trinajstić information content (AvgIpc) is 2.26. The molecule has 0 saturated heterocycles. The maximum atomic E-state index is 12.5. The topological polar surface area (TPSA) is 62.0 Å². The number of ether oxygens (including phenoxy) is 1. The number of rotatable bonds is 5. The second-order valence-corrected chi connectivity index (χ2v) is 4.19. The van der Waals surface area contributed by atoms with Gasteiger partial charge in [0, 0.05) is 6.04 Å². The maximum Gasteiger partial charge on any atom is 0.420 e. The second kappa shape index (κ2) is 5.94. The highest BCUT2D eigenvalue weighted by molar-refractivity contribution is 5.64. The van der Waals surface area contributed by atoms with Gasteiger partial charge < -0.3 is 10.2 Å². The van der Waals surface area contributed by atoms with E-state index in [9.17, 15) is 17.6 Å². The van der Waals surface area contributed by atoms with Crippen molar-refractivity contribution in [3.63, 3.8) is 0 Å². The van der Waals surface area contributed by atoms with E-state index in [2.05, 4.69) is 9.73 Å². The molecule has 18 heavy (non-hydrogen) atoms. The zero-order valence-corrected chi connectivity index (χ0v) is 9.53. The highest BCUT2D eigenvalue weighted by Crippen LogP contribution is 2.28. The van der Waals surface area contributed by atoms with Crippen LogP contribution in [0.4, 0.5) is 17.6 Å². The summed E-state index contributed by atoms with van der Waals surface area (Å²) in [6, 6.07) is -0.221. The molecule has 4 nitrogen and oxygen atoms in total. The van der Waals surface area contributed by atoms with Gasteiger partial charge in [0.25, 0.3) is 0 Å². The van der Waals surface area contributed by atoms with Gasteiger partial charge in [-0.15, -0.1) is 0 Å². The molecule has 0 heterocycles. The van der Waals surface area contributed by atoms with E-state index in [4.69, 9.17) is 10.2 Å². The predicted octanol–water partition coefficient (Wildman–Crippen LogP) is 1.90. The molecule has 0 aromatic carbocycles. The van der Waals surface area contributed by atoms with Gasteiger partial charge in [0.1, 0.15) is 0 Å². The van der Waals surface area contributed by atoms with E-state index in [0.717, 1.165) is 19.3 Å². The van der Waals surface area contributed by atoms with Gasteiger partial charge in [0.05, 0.1) is 6.21 Å². The van der Waals surface area contributed by atoms with E-state index in [1.165, 1.54) is 0 Å². The minimum absolute atomic E-state index is 0.221. The van der Waals surface area contributed by atoms with Crippen molar-refractivity contribution in [2.75, 3.05) is 0 Å². The van der Waals surface area contributed by atoms with Crippen molar-refractivity contribution in [1.82, 2.24) is 0 Å². The summed E-state index contributed by atoms with van der Waals surface area (Å²) in [7, 11) is 0. The van der Waals surface area contributed by atoms with Gasteiger partial charge in [0.2, 0.25) is 0 Å². The summed E-state index contributed by atoms with van der Waals surface area (Å²) < 4.78 is 51.8. The Morgan fingerprint density at radius 2 is 1.72 bits per heavy atom. The molecule has 0 bridgehead atoms. The summed E-state index contributed by atoms with van der Waals surface area (Å²) in [5.41, 5.74) is 0. The molecule has 0 amide bonds. The standard InChI is InChI=1S/C10H15F4NO3/c11-8(12)10(13,14)18-9(16,17)6-15-7-4-2-1-3-5-7/h6-8,16-17H,1-5H2. The summed E-state index contributed by atoms with van der Waals surface area (Å²) >= 11 is 0. The molecule has 1 saturated carbocycles. The third kappa shape index (κ3) is 4.87. The van der Waals surface area contributed by atoms with Crippen LogP contribution in [0.25, 0.3) is 0 Å². The third-order valence-electron chi connectivity index (χ3n) is 2.57. The summed E-state index contributed by atoms with van der Waals surface area (Å²) in [4.78, 5) is 3.67. The van der Waals surface area contributed by atoms with Crippen LogP contribution in [0.2, 0.25) is 0 Å². The molecule has 2 N–H and O–H groups in total. The van der Waals surface area contributed by atoms with Crippen LogP contribution in [0.3, 0.4) is 0 Å². The van der Waals surface area contributed by atoms with Crippen molar-refractivity contribution in [2.45, 2.75) is 56.7 Å². The fraction of sp³-hybridized carbons (Fsp3) is 0.900. The van der Waals surface area contributed by atoms with Crippen LogP contribution in [0.5, 0.6) is 0 Å². The fourth-order valence-corrected chi connectivity index (χ4v) is 1.70. The van der Waals surface area contributed by atoms with Gasteiger partial charge in [0.15, 0.2) is 0 Å². The van der Waals surface area contributed by atoms with E-state index in [0.29, 0.717) is 19.1 Å². The molecule has 1 fully saturated rings. The average molecular weight is 273 g/mol. The SMILES string of the molecule is OC(O)(C=NC1CCCCC1)OC(F)(F)C(F)F. The first-order valence-electron chi connectivity index (χ1n) is 5.58. The number of alkyl halides is 4. The summed E-state index contributed by atoms with van der Waals surface area (Å²) in [5.74, 6) is -3.50. The van der Waals surface area contributed by atoms with Crippen LogP contribution in [-0.4, -0.2) is 41.0 Å². The van der Waals surface area contributed by atoms with Gasteiger partial charge in [-0.3, -0.25) is 9.73 Å². The van der Waals surface area contributed by atoms with E-state index in [-0.39, 0.29) is 6.04 Å². The molecular formula is C10H15F4NO3. The minimum Gasteiger partial charge on any atom is -0.339 e. The smallest absolute Gasteiger partial charge is 0.339 e. The van der Waals surface area contributed by atoms with Crippen molar-refractivity contribution in [1.29, 1.82) is 0 Å². The van der Waals surface area contributed by atoms with Gasteiger partial charge in [-0.25, -0.2) is 8.78 Å². The number of hydrogen-bond donors (Lipinski definition) is 2. The highest BCUT2D eigenvalue weighted by Gasteiger charge is 2.48. The van der Waals surface area contributed by atoms with Crippen LogP contribution in [0.15, 0.2) is 4.99 Å². The zero-order valence-electron chi connectivity index (χ0n) is 9.53. The molecule has 0 atom stereocenters. The van der Waals surface area contributed by atoms with E-state index in [1.54, 1.807) is 0 Å². The molecule has 1 aliphatic rings. The van der Waals surface area contributed by atoms with Gasteiger partial charge in [-0.2, -0.15) is 8.78 Å². The van der Waals surface area contributed by atoms with Crippen LogP contribution in [-0.2, 0) is 4.74 Å². The van der Waals surface area contributed by atoms with Crippen molar-refractivity contribution in [3.05, 3.63) is 0 Å². The van der Waals surface area contributed by atoms with Gasteiger partial charge >= 0.3 is 18.5 Å². The molecule has 0 unspecified atom stereocenters. The number of hydrogen-bond acceptors (Lipinski definition) is 4. The lowest BCUT2D eigenvalue weighted by molar-refractivity contribution is -0.419. The molecule has 1 rings (SSSR count). The van der Waals surface area contributed by atoms with Crippen molar-refractivity contribution < 1.29 is 32.5 Å². The molecule has 106 valence electrons. The molecule has 0 spiro atoms. The second-order valence-electron chi connectivity index (χ2n) is 4.19. The van der Waals surface area contributed by atoms with Gasteiger partial charge in [-0.05, 0) is 12.8 Å². The highest BCUT2D eigenvalue weighted by atomic mass is 19.3. The molecular weight excluding hydrogens is 258 g/mol. The zero-order chi connectivity index (χ0) is 13.8. The summed E-state index contributed by atoms with van der Waals surface area (Å²) in [6.07, 6.45) is -4.54. The first kappa shape index (κ1) is 15.3. The Morgan fingerprint density at radius 1 is 1.17 bits per heavy atom. The first-order chi connectivity index (χ1) is 8.23. The lowest BCUT2D eigenvalue weighted by Crippen LogP contribution is -2.45. The Hall–Kier alpha value is -0.730. The monoisotopic (exact) mass is 273 g/mol. The molecule has 0 aromatic rings. The normalized spacial score (nSPS) is 19.9. The first-order valence-corrected chi connectivity index (χ1v) is 5.58. The number of aliphatic hydroxyl groups is 2. The molecule has 1 aliphatic carbocycles. The molecule has 0 aromatic heterocycles. The molecule has 8 heteroatoms. The Balaban J connectivity index is 2.55. The fourth-order valence-electron chi connectivity index (χ4n) is 1.70. The van der Waals surface area contributed by atoms with Crippen molar-refractivity contribution in [3.8, 4) is 0 Å². The predicted molar refractivity (Wildman–Crippen MR) is 54.6 cm³/mol. The number of halogens is 4. The lowest BCUT2D eigenvalue weighted by Gasteiger charge is -2.24. The van der Waals surface area contributed by atoms with E-state index < -0.39 is 18.5 Å². The Labute approximate surface area is 101 Å². The Morgan fingerprint density at radius 3 is 2.22 bits per heavy atom. The van der Waals surface area contributed by atoms with Crippen LogP contribution < -0.4 is 0 Å². The largest absolute Gasteiger partial charge is 0.420 e. The number of aliphatic imine (C=N–C) groups is 1. The van der Waals surface area contributed by atoms with E-state index >= 15 is 0 Å². The third-order valence-corrected chi connectivity index (χ3v) is 2.57. The van der Waals surface area contributed by atoms with Crippen LogP contribution in [0.1, 0.15) is 32.1 Å². The van der Waals surface area contributed by atoms with Crippen molar-refractivity contribution in [2.24, 2.45) is 4.99 Å². The van der Waals surface area contributed by atoms with Crippen LogP contribution >= 0.6 is 0 Å². The lowest BCUT2D eigenvalue weighted by atomic mass is 9.96. The Kier molecular flexibility index (Phi) is 5.06. The molecule has 0 radical (unpaired) electrons. The van der Waals surface area contributed by atoms with Gasteiger partial charge in [-0.1, -0.05) is 19.3 Å². The van der Waals surface area contributed by atoms with E-state index in [1.807, 2.05) is 0 Å². The maximum absolute atomic E-state index is 12.5. The number of nitrogens with zero attached hydrogens (tertiary/aromatic N) is 1. The van der Waals surface area contributed by atoms with Crippen molar-refractivity contribution >= 4 is 6.21 Å².